The number of hydrogen-bond donors (Lipinski definition) is 3. The molecule has 0 aliphatic heterocycles. The summed E-state index contributed by atoms with van der Waals surface area (Å²) in [6.45, 7) is 3.74. The first-order chi connectivity index (χ1) is 9.31. The van der Waals surface area contributed by atoms with Crippen molar-refractivity contribution in [1.82, 2.24) is 4.72 Å². The summed E-state index contributed by atoms with van der Waals surface area (Å²) in [5.74, 6) is -1.06. The number of sulfonamides is 1. The van der Waals surface area contributed by atoms with Gasteiger partial charge in [0.05, 0.1) is 0 Å². The molecule has 1 aromatic rings. The molecule has 0 spiro atoms. The molecule has 114 valence electrons. The zero-order valence-electron chi connectivity index (χ0n) is 11.4. The summed E-state index contributed by atoms with van der Waals surface area (Å²) in [5, 5.41) is 17.8. The number of thiophene rings is 1. The zero-order chi connectivity index (χ0) is 15.3. The molecule has 1 rings (SSSR count). The van der Waals surface area contributed by atoms with E-state index in [-0.39, 0.29) is 28.2 Å². The predicted octanol–water partition coefficient (Wildman–Crippen LogP) is 1.44. The lowest BCUT2D eigenvalue weighted by Gasteiger charge is -2.13. The molecule has 1 unspecified atom stereocenters. The van der Waals surface area contributed by atoms with Crippen molar-refractivity contribution in [3.8, 4) is 0 Å². The van der Waals surface area contributed by atoms with Gasteiger partial charge in [-0.1, -0.05) is 13.3 Å². The Morgan fingerprint density at radius 2 is 2.15 bits per heavy atom. The zero-order valence-corrected chi connectivity index (χ0v) is 13.1. The van der Waals surface area contributed by atoms with Crippen LogP contribution in [0.1, 0.15) is 35.0 Å². The lowest BCUT2D eigenvalue weighted by atomic mass is 10.0. The summed E-state index contributed by atoms with van der Waals surface area (Å²) >= 11 is 0.748. The van der Waals surface area contributed by atoms with Crippen LogP contribution in [0.2, 0.25) is 0 Å². The van der Waals surface area contributed by atoms with Crippen LogP contribution in [0.25, 0.3) is 0 Å². The highest BCUT2D eigenvalue weighted by Gasteiger charge is 2.22. The van der Waals surface area contributed by atoms with Gasteiger partial charge in [-0.15, -0.1) is 11.3 Å². The van der Waals surface area contributed by atoms with Gasteiger partial charge in [-0.25, -0.2) is 17.9 Å². The summed E-state index contributed by atoms with van der Waals surface area (Å²) in [6.07, 6.45) is 1.29. The second kappa shape index (κ2) is 7.16. The van der Waals surface area contributed by atoms with Crippen molar-refractivity contribution in [2.75, 3.05) is 13.2 Å². The average molecular weight is 321 g/mol. The standard InChI is InChI=1S/C12H19NO5S2/c1-3-9(4-5-14)7-13-20(17,18)10-6-8(2)11(19-10)12(15)16/h6,9,13-14H,3-5,7H2,1-2H3,(H,15,16). The summed E-state index contributed by atoms with van der Waals surface area (Å²) in [5.41, 5.74) is 0.435. The number of aliphatic hydroxyl groups excluding tert-OH is 1. The molecule has 6 nitrogen and oxygen atoms in total. The summed E-state index contributed by atoms with van der Waals surface area (Å²) in [4.78, 5) is 11.0. The first kappa shape index (κ1) is 17.1. The minimum Gasteiger partial charge on any atom is -0.477 e. The number of aliphatic hydroxyl groups is 1. The van der Waals surface area contributed by atoms with E-state index in [0.29, 0.717) is 12.0 Å². The highest BCUT2D eigenvalue weighted by atomic mass is 32.2. The van der Waals surface area contributed by atoms with Crippen LogP contribution in [-0.2, 0) is 10.0 Å². The number of aryl methyl sites for hydroxylation is 1. The number of carboxylic acid groups (broad SMARTS) is 1. The fraction of sp³-hybridized carbons (Fsp3) is 0.583. The molecule has 3 N–H and O–H groups in total. The van der Waals surface area contributed by atoms with Gasteiger partial charge in [0.2, 0.25) is 10.0 Å². The van der Waals surface area contributed by atoms with E-state index >= 15 is 0 Å². The SMILES string of the molecule is CCC(CCO)CNS(=O)(=O)c1cc(C)c(C(=O)O)s1. The van der Waals surface area contributed by atoms with E-state index in [1.165, 1.54) is 6.07 Å². The third kappa shape index (κ3) is 4.27. The van der Waals surface area contributed by atoms with Gasteiger partial charge in [0, 0.05) is 13.2 Å². The molecule has 0 fully saturated rings. The number of nitrogens with one attached hydrogen (secondary N) is 1. The second-order valence-corrected chi connectivity index (χ2v) is 7.57. The first-order valence-corrected chi connectivity index (χ1v) is 8.56. The number of carboxylic acids is 1. The van der Waals surface area contributed by atoms with Crippen LogP contribution in [0, 0.1) is 12.8 Å². The van der Waals surface area contributed by atoms with Crippen LogP contribution in [0.5, 0.6) is 0 Å². The Hall–Kier alpha value is -0.960. The fourth-order valence-corrected chi connectivity index (χ4v) is 4.27. The van der Waals surface area contributed by atoms with Gasteiger partial charge in [0.25, 0.3) is 0 Å². The van der Waals surface area contributed by atoms with Crippen molar-refractivity contribution in [2.45, 2.75) is 30.9 Å². The molecule has 1 heterocycles. The van der Waals surface area contributed by atoms with Gasteiger partial charge in [0.15, 0.2) is 0 Å². The van der Waals surface area contributed by atoms with E-state index in [9.17, 15) is 13.2 Å². The van der Waals surface area contributed by atoms with Gasteiger partial charge in [-0.3, -0.25) is 0 Å². The maximum absolute atomic E-state index is 12.1. The van der Waals surface area contributed by atoms with Crippen molar-refractivity contribution in [3.05, 3.63) is 16.5 Å². The Labute approximate surface area is 122 Å². The number of rotatable bonds is 8. The van der Waals surface area contributed by atoms with Gasteiger partial charge in [0.1, 0.15) is 9.09 Å². The fourth-order valence-electron chi connectivity index (χ4n) is 1.73. The molecule has 0 bridgehead atoms. The molecule has 0 saturated carbocycles. The summed E-state index contributed by atoms with van der Waals surface area (Å²) in [7, 11) is -3.70. The van der Waals surface area contributed by atoms with E-state index in [4.69, 9.17) is 10.2 Å². The van der Waals surface area contributed by atoms with Gasteiger partial charge in [-0.05, 0) is 30.9 Å². The largest absolute Gasteiger partial charge is 0.477 e. The van der Waals surface area contributed by atoms with Gasteiger partial charge in [-0.2, -0.15) is 0 Å². The maximum Gasteiger partial charge on any atom is 0.346 e. The molecular weight excluding hydrogens is 302 g/mol. The Kier molecular flexibility index (Phi) is 6.12. The number of aromatic carboxylic acids is 1. The van der Waals surface area contributed by atoms with Crippen LogP contribution < -0.4 is 4.72 Å². The molecule has 20 heavy (non-hydrogen) atoms. The summed E-state index contributed by atoms with van der Waals surface area (Å²) in [6, 6.07) is 1.36. The summed E-state index contributed by atoms with van der Waals surface area (Å²) < 4.78 is 26.7. The van der Waals surface area contributed by atoms with Crippen LogP contribution in [0.4, 0.5) is 0 Å². The molecule has 8 heteroatoms. The molecule has 0 aliphatic carbocycles. The van der Waals surface area contributed by atoms with E-state index in [2.05, 4.69) is 4.72 Å². The third-order valence-corrected chi connectivity index (χ3v) is 6.15. The second-order valence-electron chi connectivity index (χ2n) is 4.52. The van der Waals surface area contributed by atoms with Gasteiger partial charge >= 0.3 is 5.97 Å². The molecule has 0 saturated heterocycles. The molecule has 1 atom stereocenters. The molecule has 0 aromatic carbocycles. The maximum atomic E-state index is 12.1. The van der Waals surface area contributed by atoms with E-state index in [1.54, 1.807) is 6.92 Å². The Bertz CT molecular complexity index is 564. The van der Waals surface area contributed by atoms with Crippen LogP contribution >= 0.6 is 11.3 Å². The lowest BCUT2D eigenvalue weighted by Crippen LogP contribution is -2.29. The topological polar surface area (TPSA) is 104 Å². The monoisotopic (exact) mass is 321 g/mol. The molecule has 0 aliphatic rings. The van der Waals surface area contributed by atoms with Gasteiger partial charge < -0.3 is 10.2 Å². The molecular formula is C12H19NO5S2. The minimum absolute atomic E-state index is 0.00579. The van der Waals surface area contributed by atoms with Crippen molar-refractivity contribution in [2.24, 2.45) is 5.92 Å². The normalized spacial score (nSPS) is 13.3. The van der Waals surface area contributed by atoms with Crippen molar-refractivity contribution in [1.29, 1.82) is 0 Å². The number of hydrogen-bond acceptors (Lipinski definition) is 5. The van der Waals surface area contributed by atoms with E-state index < -0.39 is 16.0 Å². The Morgan fingerprint density at radius 1 is 1.50 bits per heavy atom. The average Bonchev–Trinajstić information content (AvgIpc) is 2.77. The van der Waals surface area contributed by atoms with Crippen LogP contribution in [0.15, 0.2) is 10.3 Å². The van der Waals surface area contributed by atoms with E-state index in [1.807, 2.05) is 6.92 Å². The Morgan fingerprint density at radius 3 is 2.60 bits per heavy atom. The number of carbonyl (C=O) groups is 1. The molecule has 0 amide bonds. The quantitative estimate of drug-likeness (QED) is 0.672. The Balaban J connectivity index is 2.83. The highest BCUT2D eigenvalue weighted by molar-refractivity contribution is 7.91. The van der Waals surface area contributed by atoms with Crippen molar-refractivity contribution < 1.29 is 23.4 Å². The van der Waals surface area contributed by atoms with E-state index in [0.717, 1.165) is 17.8 Å². The molecule has 1 aromatic heterocycles. The predicted molar refractivity (Wildman–Crippen MR) is 76.7 cm³/mol. The molecule has 0 radical (unpaired) electrons. The van der Waals surface area contributed by atoms with Crippen molar-refractivity contribution >= 4 is 27.3 Å². The highest BCUT2D eigenvalue weighted by Crippen LogP contribution is 2.26. The third-order valence-electron chi connectivity index (χ3n) is 3.03. The van der Waals surface area contributed by atoms with Crippen LogP contribution in [-0.4, -0.2) is 37.8 Å². The van der Waals surface area contributed by atoms with Crippen LogP contribution in [0.3, 0.4) is 0 Å². The van der Waals surface area contributed by atoms with Crippen molar-refractivity contribution in [3.63, 3.8) is 0 Å². The minimum atomic E-state index is -3.70. The lowest BCUT2D eigenvalue weighted by molar-refractivity contribution is 0.0701. The smallest absolute Gasteiger partial charge is 0.346 e. The first-order valence-electron chi connectivity index (χ1n) is 6.26.